The summed E-state index contributed by atoms with van der Waals surface area (Å²) >= 11 is 0. The van der Waals surface area contributed by atoms with Gasteiger partial charge in [-0.15, -0.1) is 0 Å². The molecule has 112 valence electrons. The number of carbonyl (C=O) groups excluding carboxylic acids is 1. The number of hydroxylamine groups is 1. The number of amides is 1. The molecule has 2 unspecified atom stereocenters. The number of rotatable bonds is 5. The summed E-state index contributed by atoms with van der Waals surface area (Å²) in [5, 5.41) is 2.86. The van der Waals surface area contributed by atoms with Crippen molar-refractivity contribution in [2.24, 2.45) is 5.92 Å². The first-order valence-electron chi connectivity index (χ1n) is 7.26. The Morgan fingerprint density at radius 1 is 1.26 bits per heavy atom. The van der Waals surface area contributed by atoms with E-state index in [1.807, 2.05) is 27.7 Å². The zero-order valence-electron chi connectivity index (χ0n) is 12.6. The van der Waals surface area contributed by atoms with Gasteiger partial charge in [0.1, 0.15) is 5.60 Å². The van der Waals surface area contributed by atoms with E-state index >= 15 is 0 Å². The van der Waals surface area contributed by atoms with Crippen molar-refractivity contribution in [3.8, 4) is 0 Å². The fourth-order valence-electron chi connectivity index (χ4n) is 2.33. The summed E-state index contributed by atoms with van der Waals surface area (Å²) < 4.78 is 5.24. The van der Waals surface area contributed by atoms with Crippen LogP contribution in [0.15, 0.2) is 0 Å². The summed E-state index contributed by atoms with van der Waals surface area (Å²) in [6.45, 7) is 8.86. The number of nitrogens with one attached hydrogen (secondary N) is 2. The molecule has 1 rings (SSSR count). The highest BCUT2D eigenvalue weighted by Gasteiger charge is 2.26. The molecular formula is C14H28N2O3. The lowest BCUT2D eigenvalue weighted by Gasteiger charge is -2.32. The Bertz CT molecular complexity index is 276. The summed E-state index contributed by atoms with van der Waals surface area (Å²) in [5.74, 6) is 0.410. The van der Waals surface area contributed by atoms with E-state index in [2.05, 4.69) is 10.8 Å². The maximum absolute atomic E-state index is 11.6. The van der Waals surface area contributed by atoms with E-state index in [-0.39, 0.29) is 6.09 Å². The molecule has 0 bridgehead atoms. The third kappa shape index (κ3) is 6.78. The SMILES string of the molecule is CCONC1CCCCC1CNC(=O)OC(C)(C)C. The fraction of sp³-hybridized carbons (Fsp3) is 0.929. The van der Waals surface area contributed by atoms with Crippen molar-refractivity contribution in [3.05, 3.63) is 0 Å². The smallest absolute Gasteiger partial charge is 0.407 e. The van der Waals surface area contributed by atoms with Gasteiger partial charge in [0.25, 0.3) is 0 Å². The second kappa shape index (κ2) is 7.70. The maximum Gasteiger partial charge on any atom is 0.407 e. The van der Waals surface area contributed by atoms with E-state index in [0.29, 0.717) is 25.1 Å². The second-order valence-electron chi connectivity index (χ2n) is 6.08. The Morgan fingerprint density at radius 3 is 2.58 bits per heavy atom. The molecule has 1 aliphatic carbocycles. The molecule has 0 aromatic rings. The molecule has 5 heteroatoms. The molecule has 1 aliphatic rings. The summed E-state index contributed by atoms with van der Waals surface area (Å²) in [5.41, 5.74) is 2.66. The van der Waals surface area contributed by atoms with Crippen LogP contribution in [0.4, 0.5) is 4.79 Å². The van der Waals surface area contributed by atoms with Gasteiger partial charge in [0, 0.05) is 12.6 Å². The van der Waals surface area contributed by atoms with Gasteiger partial charge >= 0.3 is 6.09 Å². The number of alkyl carbamates (subject to hydrolysis) is 1. The molecule has 0 spiro atoms. The number of carbonyl (C=O) groups is 1. The molecule has 0 aromatic carbocycles. The Morgan fingerprint density at radius 2 is 1.95 bits per heavy atom. The maximum atomic E-state index is 11.6. The van der Waals surface area contributed by atoms with E-state index in [9.17, 15) is 4.79 Å². The van der Waals surface area contributed by atoms with Gasteiger partial charge in [0.15, 0.2) is 0 Å². The summed E-state index contributed by atoms with van der Waals surface area (Å²) in [4.78, 5) is 16.9. The third-order valence-corrected chi connectivity index (χ3v) is 3.20. The third-order valence-electron chi connectivity index (χ3n) is 3.20. The molecule has 0 radical (unpaired) electrons. The van der Waals surface area contributed by atoms with Crippen LogP contribution in [0.2, 0.25) is 0 Å². The molecule has 1 fully saturated rings. The van der Waals surface area contributed by atoms with Crippen LogP contribution >= 0.6 is 0 Å². The molecule has 2 atom stereocenters. The van der Waals surface area contributed by atoms with Gasteiger partial charge in [-0.2, -0.15) is 5.48 Å². The van der Waals surface area contributed by atoms with E-state index < -0.39 is 5.60 Å². The highest BCUT2D eigenvalue weighted by Crippen LogP contribution is 2.24. The number of hydrogen-bond donors (Lipinski definition) is 2. The average molecular weight is 272 g/mol. The average Bonchev–Trinajstić information content (AvgIpc) is 2.32. The molecule has 0 saturated heterocycles. The minimum atomic E-state index is -0.445. The Balaban J connectivity index is 2.34. The zero-order chi connectivity index (χ0) is 14.3. The molecular weight excluding hydrogens is 244 g/mol. The normalized spacial score (nSPS) is 24.0. The molecule has 19 heavy (non-hydrogen) atoms. The first-order chi connectivity index (χ1) is 8.92. The van der Waals surface area contributed by atoms with Gasteiger partial charge in [-0.1, -0.05) is 12.8 Å². The lowest BCUT2D eigenvalue weighted by Crippen LogP contribution is -2.45. The monoisotopic (exact) mass is 272 g/mol. The molecule has 0 aromatic heterocycles. The van der Waals surface area contributed by atoms with Crippen molar-refractivity contribution in [2.45, 2.75) is 65.0 Å². The quantitative estimate of drug-likeness (QED) is 0.755. The topological polar surface area (TPSA) is 59.6 Å². The Kier molecular flexibility index (Phi) is 6.58. The van der Waals surface area contributed by atoms with Crippen LogP contribution < -0.4 is 10.8 Å². The number of ether oxygens (including phenoxy) is 1. The van der Waals surface area contributed by atoms with Gasteiger partial charge in [-0.05, 0) is 46.5 Å². The first-order valence-corrected chi connectivity index (χ1v) is 7.26. The molecule has 1 amide bonds. The van der Waals surface area contributed by atoms with Gasteiger partial charge in [-0.3, -0.25) is 0 Å². The van der Waals surface area contributed by atoms with Crippen LogP contribution in [0.25, 0.3) is 0 Å². The van der Waals surface area contributed by atoms with Crippen molar-refractivity contribution in [1.82, 2.24) is 10.8 Å². The predicted octanol–water partition coefficient (Wildman–Crippen LogP) is 2.61. The Hall–Kier alpha value is -0.810. The van der Waals surface area contributed by atoms with Crippen LogP contribution in [0.5, 0.6) is 0 Å². The largest absolute Gasteiger partial charge is 0.444 e. The highest BCUT2D eigenvalue weighted by molar-refractivity contribution is 5.67. The van der Waals surface area contributed by atoms with Crippen molar-refractivity contribution in [1.29, 1.82) is 0 Å². The Labute approximate surface area is 116 Å². The summed E-state index contributed by atoms with van der Waals surface area (Å²) in [6.07, 6.45) is 4.30. The molecule has 5 nitrogen and oxygen atoms in total. The minimum absolute atomic E-state index is 0.323. The minimum Gasteiger partial charge on any atom is -0.444 e. The van der Waals surface area contributed by atoms with E-state index in [4.69, 9.17) is 9.57 Å². The standard InChI is InChI=1S/C14H28N2O3/c1-5-18-16-12-9-7-6-8-11(12)10-15-13(17)19-14(2,3)4/h11-12,16H,5-10H2,1-4H3,(H,15,17). The van der Waals surface area contributed by atoms with Crippen LogP contribution in [0.3, 0.4) is 0 Å². The summed E-state index contributed by atoms with van der Waals surface area (Å²) in [7, 11) is 0. The molecule has 0 heterocycles. The lowest BCUT2D eigenvalue weighted by atomic mass is 9.85. The van der Waals surface area contributed by atoms with Crippen molar-refractivity contribution in [2.75, 3.05) is 13.2 Å². The van der Waals surface area contributed by atoms with Crippen LogP contribution in [0, 0.1) is 5.92 Å². The summed E-state index contributed by atoms with van der Waals surface area (Å²) in [6, 6.07) is 0.323. The van der Waals surface area contributed by atoms with E-state index in [1.165, 1.54) is 12.8 Å². The van der Waals surface area contributed by atoms with Gasteiger partial charge in [0.05, 0.1) is 6.61 Å². The van der Waals surface area contributed by atoms with E-state index in [0.717, 1.165) is 12.8 Å². The van der Waals surface area contributed by atoms with Gasteiger partial charge in [0.2, 0.25) is 0 Å². The molecule has 1 saturated carbocycles. The molecule has 0 aliphatic heterocycles. The number of hydrogen-bond acceptors (Lipinski definition) is 4. The fourth-order valence-corrected chi connectivity index (χ4v) is 2.33. The highest BCUT2D eigenvalue weighted by atomic mass is 16.6. The van der Waals surface area contributed by atoms with Crippen molar-refractivity contribution >= 4 is 6.09 Å². The van der Waals surface area contributed by atoms with Crippen LogP contribution in [-0.4, -0.2) is 30.9 Å². The second-order valence-corrected chi connectivity index (χ2v) is 6.08. The predicted molar refractivity (Wildman–Crippen MR) is 74.7 cm³/mol. The van der Waals surface area contributed by atoms with Gasteiger partial charge in [-0.25, -0.2) is 4.79 Å². The van der Waals surface area contributed by atoms with E-state index in [1.54, 1.807) is 0 Å². The van der Waals surface area contributed by atoms with Crippen LogP contribution in [-0.2, 0) is 9.57 Å². The zero-order valence-corrected chi connectivity index (χ0v) is 12.6. The lowest BCUT2D eigenvalue weighted by molar-refractivity contribution is -0.00281. The van der Waals surface area contributed by atoms with Crippen LogP contribution in [0.1, 0.15) is 53.4 Å². The van der Waals surface area contributed by atoms with Crippen molar-refractivity contribution < 1.29 is 14.4 Å². The first kappa shape index (κ1) is 16.2. The van der Waals surface area contributed by atoms with Gasteiger partial charge < -0.3 is 14.9 Å². The molecule has 2 N–H and O–H groups in total. The van der Waals surface area contributed by atoms with Crippen molar-refractivity contribution in [3.63, 3.8) is 0 Å².